The topological polar surface area (TPSA) is 33.1 Å². The molecule has 86 valence electrons. The number of hydrogen-bond acceptors (Lipinski definition) is 3. The number of hydrogen-bond donors (Lipinski definition) is 1. The molecule has 0 bridgehead atoms. The highest BCUT2D eigenvalue weighted by molar-refractivity contribution is 4.74. The van der Waals surface area contributed by atoms with Crippen molar-refractivity contribution < 1.29 is 0 Å². The minimum absolute atomic E-state index is 0.998. The molecule has 1 aromatic heterocycles. The zero-order valence-corrected chi connectivity index (χ0v) is 9.82. The van der Waals surface area contributed by atoms with Gasteiger partial charge in [-0.3, -0.25) is 0 Å². The van der Waals surface area contributed by atoms with Crippen molar-refractivity contribution in [2.45, 2.75) is 20.4 Å². The molecule has 0 unspecified atom stereocenters. The molecule has 0 aliphatic heterocycles. The van der Waals surface area contributed by atoms with E-state index >= 15 is 0 Å². The fourth-order valence-corrected chi connectivity index (χ4v) is 1.53. The van der Waals surface area contributed by atoms with Crippen molar-refractivity contribution in [3.05, 3.63) is 18.7 Å². The van der Waals surface area contributed by atoms with Gasteiger partial charge >= 0.3 is 0 Å². The Labute approximate surface area is 92.3 Å². The Bertz CT molecular complexity index is 229. The van der Waals surface area contributed by atoms with Gasteiger partial charge in [0.15, 0.2) is 0 Å². The van der Waals surface area contributed by atoms with E-state index < -0.39 is 0 Å². The van der Waals surface area contributed by atoms with Crippen LogP contribution in [0.15, 0.2) is 18.7 Å². The highest BCUT2D eigenvalue weighted by Crippen LogP contribution is 1.85. The first-order chi connectivity index (χ1) is 7.36. The van der Waals surface area contributed by atoms with E-state index in [1.807, 2.05) is 18.7 Å². The first-order valence-electron chi connectivity index (χ1n) is 5.75. The van der Waals surface area contributed by atoms with Gasteiger partial charge < -0.3 is 14.8 Å². The number of aromatic nitrogens is 2. The van der Waals surface area contributed by atoms with Crippen LogP contribution in [0.5, 0.6) is 0 Å². The van der Waals surface area contributed by atoms with Crippen LogP contribution in [0.1, 0.15) is 13.8 Å². The molecule has 1 heterocycles. The van der Waals surface area contributed by atoms with Crippen molar-refractivity contribution in [2.24, 2.45) is 0 Å². The molecule has 0 saturated heterocycles. The Balaban J connectivity index is 1.97. The zero-order valence-electron chi connectivity index (χ0n) is 9.82. The molecule has 1 N–H and O–H groups in total. The first kappa shape index (κ1) is 12.2. The van der Waals surface area contributed by atoms with E-state index in [1.54, 1.807) is 0 Å². The Morgan fingerprint density at radius 3 is 2.67 bits per heavy atom. The average Bonchev–Trinajstić information content (AvgIpc) is 2.76. The van der Waals surface area contributed by atoms with Crippen molar-refractivity contribution in [1.29, 1.82) is 0 Å². The van der Waals surface area contributed by atoms with Gasteiger partial charge in [-0.2, -0.15) is 0 Å². The molecule has 4 heteroatoms. The minimum atomic E-state index is 0.998. The Hall–Kier alpha value is -0.870. The molecule has 0 amide bonds. The van der Waals surface area contributed by atoms with E-state index in [0.717, 1.165) is 39.3 Å². The van der Waals surface area contributed by atoms with Crippen LogP contribution in [-0.4, -0.2) is 47.2 Å². The number of nitrogens with one attached hydrogen (secondary N) is 1. The average molecular weight is 210 g/mol. The Kier molecular flexibility index (Phi) is 6.04. The van der Waals surface area contributed by atoms with Crippen LogP contribution in [0.4, 0.5) is 0 Å². The lowest BCUT2D eigenvalue weighted by Gasteiger charge is -2.17. The van der Waals surface area contributed by atoms with Gasteiger partial charge in [0, 0.05) is 38.6 Å². The molecule has 4 nitrogen and oxygen atoms in total. The summed E-state index contributed by atoms with van der Waals surface area (Å²) in [6.45, 7) is 10.9. The molecule has 0 aliphatic rings. The molecule has 0 spiro atoms. The maximum absolute atomic E-state index is 4.00. The van der Waals surface area contributed by atoms with Gasteiger partial charge in [0.1, 0.15) is 0 Å². The van der Waals surface area contributed by atoms with Crippen molar-refractivity contribution in [1.82, 2.24) is 19.8 Å². The van der Waals surface area contributed by atoms with E-state index in [0.29, 0.717) is 0 Å². The second-order valence-electron chi connectivity index (χ2n) is 3.58. The zero-order chi connectivity index (χ0) is 10.9. The molecule has 0 radical (unpaired) electrons. The second kappa shape index (κ2) is 7.43. The van der Waals surface area contributed by atoms with Crippen LogP contribution in [0.3, 0.4) is 0 Å². The summed E-state index contributed by atoms with van der Waals surface area (Å²) >= 11 is 0. The Morgan fingerprint density at radius 2 is 2.07 bits per heavy atom. The summed E-state index contributed by atoms with van der Waals surface area (Å²) in [7, 11) is 0. The molecule has 1 rings (SSSR count). The molecule has 0 aliphatic carbocycles. The number of imidazole rings is 1. The van der Waals surface area contributed by atoms with Crippen LogP contribution in [-0.2, 0) is 6.54 Å². The molecule has 1 aromatic rings. The molecular formula is C11H22N4. The number of rotatable bonds is 8. The quantitative estimate of drug-likeness (QED) is 0.645. The lowest BCUT2D eigenvalue weighted by Crippen LogP contribution is -2.33. The van der Waals surface area contributed by atoms with Gasteiger partial charge in [-0.25, -0.2) is 4.98 Å². The van der Waals surface area contributed by atoms with Gasteiger partial charge in [0.05, 0.1) is 6.33 Å². The lowest BCUT2D eigenvalue weighted by molar-refractivity contribution is 0.302. The van der Waals surface area contributed by atoms with Gasteiger partial charge in [-0.15, -0.1) is 0 Å². The van der Waals surface area contributed by atoms with Crippen LogP contribution in [0.25, 0.3) is 0 Å². The molecule has 15 heavy (non-hydrogen) atoms. The van der Waals surface area contributed by atoms with Gasteiger partial charge in [-0.1, -0.05) is 13.8 Å². The SMILES string of the molecule is CCN(CC)CCNCCn1ccnc1. The fourth-order valence-electron chi connectivity index (χ4n) is 1.53. The van der Waals surface area contributed by atoms with Crippen LogP contribution in [0, 0.1) is 0 Å². The monoisotopic (exact) mass is 210 g/mol. The summed E-state index contributed by atoms with van der Waals surface area (Å²) in [6.07, 6.45) is 5.66. The normalized spacial score (nSPS) is 11.1. The van der Waals surface area contributed by atoms with Crippen molar-refractivity contribution in [3.8, 4) is 0 Å². The van der Waals surface area contributed by atoms with Crippen LogP contribution >= 0.6 is 0 Å². The number of likely N-dealkylation sites (N-methyl/N-ethyl adjacent to an activating group) is 1. The van der Waals surface area contributed by atoms with Crippen molar-refractivity contribution in [2.75, 3.05) is 32.7 Å². The summed E-state index contributed by atoms with van der Waals surface area (Å²) in [6, 6.07) is 0. The third-order valence-corrected chi connectivity index (χ3v) is 2.61. The predicted molar refractivity (Wildman–Crippen MR) is 62.9 cm³/mol. The summed E-state index contributed by atoms with van der Waals surface area (Å²) in [5, 5.41) is 3.43. The summed E-state index contributed by atoms with van der Waals surface area (Å²) < 4.78 is 2.09. The summed E-state index contributed by atoms with van der Waals surface area (Å²) in [5.41, 5.74) is 0. The smallest absolute Gasteiger partial charge is 0.0946 e. The number of nitrogens with zero attached hydrogens (tertiary/aromatic N) is 3. The van der Waals surface area contributed by atoms with E-state index in [2.05, 4.69) is 33.6 Å². The van der Waals surface area contributed by atoms with Crippen molar-refractivity contribution >= 4 is 0 Å². The lowest BCUT2D eigenvalue weighted by atomic mass is 10.4. The molecular weight excluding hydrogens is 188 g/mol. The largest absolute Gasteiger partial charge is 0.336 e. The van der Waals surface area contributed by atoms with E-state index in [9.17, 15) is 0 Å². The van der Waals surface area contributed by atoms with Crippen LogP contribution in [0.2, 0.25) is 0 Å². The Morgan fingerprint density at radius 1 is 1.27 bits per heavy atom. The van der Waals surface area contributed by atoms with E-state index in [-0.39, 0.29) is 0 Å². The second-order valence-corrected chi connectivity index (χ2v) is 3.58. The molecule has 0 fully saturated rings. The molecule has 0 saturated carbocycles. The summed E-state index contributed by atoms with van der Waals surface area (Å²) in [4.78, 5) is 6.42. The summed E-state index contributed by atoms with van der Waals surface area (Å²) in [5.74, 6) is 0. The van der Waals surface area contributed by atoms with Gasteiger partial charge in [-0.05, 0) is 13.1 Å². The maximum atomic E-state index is 4.00. The molecule has 0 aromatic carbocycles. The highest BCUT2D eigenvalue weighted by atomic mass is 15.1. The predicted octanol–water partition coefficient (Wildman–Crippen LogP) is 0.814. The van der Waals surface area contributed by atoms with Gasteiger partial charge in [0.25, 0.3) is 0 Å². The first-order valence-corrected chi connectivity index (χ1v) is 5.75. The van der Waals surface area contributed by atoms with E-state index in [4.69, 9.17) is 0 Å². The molecule has 0 atom stereocenters. The highest BCUT2D eigenvalue weighted by Gasteiger charge is 1.97. The van der Waals surface area contributed by atoms with Crippen LogP contribution < -0.4 is 5.32 Å². The van der Waals surface area contributed by atoms with Gasteiger partial charge in [0.2, 0.25) is 0 Å². The fraction of sp³-hybridized carbons (Fsp3) is 0.727. The van der Waals surface area contributed by atoms with E-state index in [1.165, 1.54) is 0 Å². The third kappa shape index (κ3) is 4.95. The standard InChI is InChI=1S/C11H22N4/c1-3-14(4-2)8-5-12-6-9-15-10-7-13-11-15/h7,10-12H,3-6,8-9H2,1-2H3. The maximum Gasteiger partial charge on any atom is 0.0946 e. The third-order valence-electron chi connectivity index (χ3n) is 2.61. The minimum Gasteiger partial charge on any atom is -0.336 e. The van der Waals surface area contributed by atoms with Crippen molar-refractivity contribution in [3.63, 3.8) is 0 Å².